The number of rotatable bonds is 5. The van der Waals surface area contributed by atoms with Gasteiger partial charge in [-0.2, -0.15) is 0 Å². The van der Waals surface area contributed by atoms with E-state index in [9.17, 15) is 9.59 Å². The molecule has 0 aliphatic heterocycles. The molecule has 0 amide bonds. The van der Waals surface area contributed by atoms with Crippen LogP contribution in [-0.4, -0.2) is 23.4 Å². The van der Waals surface area contributed by atoms with E-state index in [1.165, 1.54) is 6.07 Å². The van der Waals surface area contributed by atoms with Crippen molar-refractivity contribution >= 4 is 40.6 Å². The van der Waals surface area contributed by atoms with E-state index >= 15 is 0 Å². The summed E-state index contributed by atoms with van der Waals surface area (Å²) in [6.45, 7) is -0.301. The topological polar surface area (TPSA) is 66.4 Å². The average Bonchev–Trinajstić information content (AvgIpc) is 2.45. The normalized spacial score (nSPS) is 10.2. The molecule has 0 bridgehead atoms. The lowest BCUT2D eigenvalue weighted by Crippen LogP contribution is -2.15. The first kappa shape index (κ1) is 15.4. The second-order valence-electron chi connectivity index (χ2n) is 4.25. The molecule has 0 atom stereocenters. The van der Waals surface area contributed by atoms with Crippen molar-refractivity contribution in [3.8, 4) is 0 Å². The van der Waals surface area contributed by atoms with E-state index in [0.717, 1.165) is 0 Å². The van der Waals surface area contributed by atoms with Crippen LogP contribution in [0.2, 0.25) is 10.0 Å². The van der Waals surface area contributed by atoms with Gasteiger partial charge in [-0.25, -0.2) is 0 Å². The average molecular weight is 324 g/mol. The van der Waals surface area contributed by atoms with E-state index in [1.807, 2.05) is 0 Å². The van der Waals surface area contributed by atoms with Crippen LogP contribution in [0.15, 0.2) is 42.5 Å². The molecule has 0 unspecified atom stereocenters. The van der Waals surface area contributed by atoms with Crippen LogP contribution in [0, 0.1) is 0 Å². The van der Waals surface area contributed by atoms with Gasteiger partial charge in [-0.1, -0.05) is 35.3 Å². The van der Waals surface area contributed by atoms with Gasteiger partial charge in [0.2, 0.25) is 0 Å². The third kappa shape index (κ3) is 3.74. The van der Waals surface area contributed by atoms with Crippen molar-refractivity contribution in [2.24, 2.45) is 0 Å². The molecule has 0 fully saturated rings. The summed E-state index contributed by atoms with van der Waals surface area (Å²) in [4.78, 5) is 23.2. The Bertz CT molecular complexity index is 701. The number of benzene rings is 2. The summed E-state index contributed by atoms with van der Waals surface area (Å²) in [5.74, 6) is -1.35. The quantitative estimate of drug-likeness (QED) is 0.823. The molecule has 0 aromatic heterocycles. The minimum absolute atomic E-state index is 0.275. The first-order valence-electron chi connectivity index (χ1n) is 6.03. The number of aliphatic carboxylic acids is 1. The fraction of sp³-hybridized carbons (Fsp3) is 0.0667. The summed E-state index contributed by atoms with van der Waals surface area (Å²) >= 11 is 11.9. The summed E-state index contributed by atoms with van der Waals surface area (Å²) < 4.78 is 0. The highest BCUT2D eigenvalue weighted by Gasteiger charge is 2.17. The molecule has 0 saturated heterocycles. The van der Waals surface area contributed by atoms with Crippen LogP contribution >= 0.6 is 23.2 Å². The van der Waals surface area contributed by atoms with E-state index in [1.54, 1.807) is 36.4 Å². The first-order valence-corrected chi connectivity index (χ1v) is 6.79. The maximum atomic E-state index is 12.6. The van der Waals surface area contributed by atoms with E-state index in [4.69, 9.17) is 28.3 Å². The number of nitrogens with one attached hydrogen (secondary N) is 1. The Balaban J connectivity index is 2.42. The van der Waals surface area contributed by atoms with Crippen molar-refractivity contribution < 1.29 is 14.7 Å². The maximum Gasteiger partial charge on any atom is 0.322 e. The van der Waals surface area contributed by atoms with Gasteiger partial charge in [0.1, 0.15) is 6.54 Å². The van der Waals surface area contributed by atoms with E-state index in [2.05, 4.69) is 5.32 Å². The lowest BCUT2D eigenvalue weighted by molar-refractivity contribution is -0.134. The second-order valence-corrected chi connectivity index (χ2v) is 5.09. The molecule has 108 valence electrons. The Morgan fingerprint density at radius 3 is 2.43 bits per heavy atom. The third-order valence-electron chi connectivity index (χ3n) is 2.77. The highest BCUT2D eigenvalue weighted by atomic mass is 35.5. The van der Waals surface area contributed by atoms with Gasteiger partial charge in [-0.15, -0.1) is 0 Å². The molecule has 2 rings (SSSR count). The molecule has 4 nitrogen and oxygen atoms in total. The van der Waals surface area contributed by atoms with Crippen LogP contribution in [0.5, 0.6) is 0 Å². The summed E-state index contributed by atoms with van der Waals surface area (Å²) in [7, 11) is 0. The fourth-order valence-corrected chi connectivity index (χ4v) is 2.21. The predicted molar refractivity (Wildman–Crippen MR) is 82.5 cm³/mol. The summed E-state index contributed by atoms with van der Waals surface area (Å²) in [6, 6.07) is 11.3. The van der Waals surface area contributed by atoms with E-state index in [0.29, 0.717) is 21.3 Å². The molecule has 21 heavy (non-hydrogen) atoms. The van der Waals surface area contributed by atoms with Crippen molar-refractivity contribution in [2.45, 2.75) is 0 Å². The Morgan fingerprint density at radius 1 is 1.05 bits per heavy atom. The third-order valence-corrected chi connectivity index (χ3v) is 3.34. The number of ketones is 1. The maximum absolute atomic E-state index is 12.6. The lowest BCUT2D eigenvalue weighted by atomic mass is 10.0. The number of carboxylic acid groups (broad SMARTS) is 1. The smallest absolute Gasteiger partial charge is 0.322 e. The largest absolute Gasteiger partial charge is 0.480 e. The summed E-state index contributed by atoms with van der Waals surface area (Å²) in [6.07, 6.45) is 0. The number of carbonyl (C=O) groups excluding carboxylic acids is 1. The zero-order chi connectivity index (χ0) is 15.4. The molecule has 0 spiro atoms. The number of carboxylic acids is 1. The van der Waals surface area contributed by atoms with Gasteiger partial charge >= 0.3 is 5.97 Å². The number of halogens is 2. The van der Waals surface area contributed by atoms with Crippen LogP contribution in [0.25, 0.3) is 0 Å². The zero-order valence-electron chi connectivity index (χ0n) is 10.8. The van der Waals surface area contributed by atoms with Gasteiger partial charge in [0.05, 0.1) is 5.02 Å². The molecule has 0 radical (unpaired) electrons. The van der Waals surface area contributed by atoms with Crippen LogP contribution in [0.4, 0.5) is 5.69 Å². The zero-order valence-corrected chi connectivity index (χ0v) is 12.3. The SMILES string of the molecule is O=C(O)CNc1ccc(Cl)cc1C(=O)c1ccccc1Cl. The molecule has 0 aliphatic rings. The van der Waals surface area contributed by atoms with Crippen LogP contribution in [-0.2, 0) is 4.79 Å². The monoisotopic (exact) mass is 323 g/mol. The first-order chi connectivity index (χ1) is 9.99. The predicted octanol–water partition coefficient (Wildman–Crippen LogP) is 3.72. The number of carbonyl (C=O) groups is 2. The number of hydrogen-bond acceptors (Lipinski definition) is 3. The fourth-order valence-electron chi connectivity index (χ4n) is 1.82. The van der Waals surface area contributed by atoms with Crippen LogP contribution in [0.1, 0.15) is 15.9 Å². The van der Waals surface area contributed by atoms with Crippen molar-refractivity contribution in [3.05, 3.63) is 63.6 Å². The van der Waals surface area contributed by atoms with Gasteiger partial charge in [-0.3, -0.25) is 9.59 Å². The Hall–Kier alpha value is -2.04. The van der Waals surface area contributed by atoms with Crippen molar-refractivity contribution in [1.29, 1.82) is 0 Å². The standard InChI is InChI=1S/C15H11Cl2NO3/c16-9-5-6-13(18-8-14(19)20)11(7-9)15(21)10-3-1-2-4-12(10)17/h1-7,18H,8H2,(H,19,20). The molecular weight excluding hydrogens is 313 g/mol. The molecular formula is C15H11Cl2NO3. The van der Waals surface area contributed by atoms with E-state index in [-0.39, 0.29) is 17.9 Å². The molecule has 0 aliphatic carbocycles. The number of anilines is 1. The molecule has 2 N–H and O–H groups in total. The van der Waals surface area contributed by atoms with Gasteiger partial charge in [-0.05, 0) is 30.3 Å². The summed E-state index contributed by atoms with van der Waals surface area (Å²) in [5.41, 5.74) is 1.00. The Morgan fingerprint density at radius 2 is 1.76 bits per heavy atom. The van der Waals surface area contributed by atoms with Crippen LogP contribution in [0.3, 0.4) is 0 Å². The van der Waals surface area contributed by atoms with Crippen molar-refractivity contribution in [3.63, 3.8) is 0 Å². The Labute approximate surface area is 131 Å². The van der Waals surface area contributed by atoms with Crippen molar-refractivity contribution in [1.82, 2.24) is 0 Å². The molecule has 0 saturated carbocycles. The molecule has 2 aromatic carbocycles. The Kier molecular flexibility index (Phi) is 4.83. The lowest BCUT2D eigenvalue weighted by Gasteiger charge is -2.11. The summed E-state index contributed by atoms with van der Waals surface area (Å²) in [5, 5.41) is 12.1. The molecule has 0 heterocycles. The van der Waals surface area contributed by atoms with Crippen LogP contribution < -0.4 is 5.32 Å². The highest BCUT2D eigenvalue weighted by Crippen LogP contribution is 2.26. The van der Waals surface area contributed by atoms with E-state index < -0.39 is 5.97 Å². The second kappa shape index (κ2) is 6.61. The van der Waals surface area contributed by atoms with Gasteiger partial charge < -0.3 is 10.4 Å². The van der Waals surface area contributed by atoms with Crippen molar-refractivity contribution in [2.75, 3.05) is 11.9 Å². The highest BCUT2D eigenvalue weighted by molar-refractivity contribution is 6.35. The van der Waals surface area contributed by atoms with Gasteiger partial charge in [0, 0.05) is 21.8 Å². The van der Waals surface area contributed by atoms with Gasteiger partial charge in [0.15, 0.2) is 5.78 Å². The van der Waals surface area contributed by atoms with Gasteiger partial charge in [0.25, 0.3) is 0 Å². The molecule has 2 aromatic rings. The minimum Gasteiger partial charge on any atom is -0.480 e. The number of hydrogen-bond donors (Lipinski definition) is 2. The molecule has 6 heteroatoms. The minimum atomic E-state index is -1.03.